The fourth-order valence-corrected chi connectivity index (χ4v) is 2.67. The van der Waals surface area contributed by atoms with Crippen molar-refractivity contribution in [2.24, 2.45) is 0 Å². The first-order valence-electron chi connectivity index (χ1n) is 5.87. The minimum atomic E-state index is -2.55. The van der Waals surface area contributed by atoms with Crippen LogP contribution in [0.5, 0.6) is 0 Å². The Bertz CT molecular complexity index is 667. The van der Waals surface area contributed by atoms with Gasteiger partial charge in [0.25, 0.3) is 11.7 Å². The Kier molecular flexibility index (Phi) is 5.19. The molecule has 0 fully saturated rings. The van der Waals surface area contributed by atoms with Crippen molar-refractivity contribution in [3.05, 3.63) is 52.5 Å². The molecule has 0 aromatic heterocycles. The van der Waals surface area contributed by atoms with Crippen molar-refractivity contribution >= 4 is 45.0 Å². The molecule has 0 radical (unpaired) electrons. The topological polar surface area (TPSA) is 55.1 Å². The minimum Gasteiger partial charge on any atom is -0.398 e. The van der Waals surface area contributed by atoms with Crippen LogP contribution >= 0.6 is 27.7 Å². The quantitative estimate of drug-likeness (QED) is 0.609. The predicted octanol–water partition coefficient (Wildman–Crippen LogP) is 4.60. The number of anilines is 2. The highest BCUT2D eigenvalue weighted by Gasteiger charge is 2.14. The van der Waals surface area contributed by atoms with Crippen LogP contribution < -0.4 is 11.1 Å². The zero-order chi connectivity index (χ0) is 15.4. The highest BCUT2D eigenvalue weighted by molar-refractivity contribution is 9.10. The summed E-state index contributed by atoms with van der Waals surface area (Å²) in [6, 6.07) is 11.2. The molecule has 1 amide bonds. The van der Waals surface area contributed by atoms with Gasteiger partial charge in [0.1, 0.15) is 0 Å². The summed E-state index contributed by atoms with van der Waals surface area (Å²) in [4.78, 5) is 12.5. The molecule has 0 aliphatic heterocycles. The molecule has 110 valence electrons. The van der Waals surface area contributed by atoms with Crippen LogP contribution in [0, 0.1) is 0 Å². The number of amides is 1. The van der Waals surface area contributed by atoms with Gasteiger partial charge in [-0.05, 0) is 30.3 Å². The molecule has 2 aromatic rings. The SMILES string of the molecule is Nc1cc(Br)ccc1C(=O)Nc1ccccc1SC(F)F. The third-order valence-electron chi connectivity index (χ3n) is 2.61. The summed E-state index contributed by atoms with van der Waals surface area (Å²) in [6.45, 7) is 0. The molecule has 0 bridgehead atoms. The van der Waals surface area contributed by atoms with Crippen LogP contribution in [0.3, 0.4) is 0 Å². The first-order chi connectivity index (χ1) is 9.97. The van der Waals surface area contributed by atoms with E-state index >= 15 is 0 Å². The van der Waals surface area contributed by atoms with Gasteiger partial charge >= 0.3 is 0 Å². The van der Waals surface area contributed by atoms with Gasteiger partial charge < -0.3 is 11.1 Å². The van der Waals surface area contributed by atoms with Crippen molar-refractivity contribution in [1.82, 2.24) is 0 Å². The van der Waals surface area contributed by atoms with Crippen molar-refractivity contribution < 1.29 is 13.6 Å². The second-order valence-corrected chi connectivity index (χ2v) is 6.01. The molecule has 2 rings (SSSR count). The molecule has 3 N–H and O–H groups in total. The normalized spacial score (nSPS) is 10.7. The van der Waals surface area contributed by atoms with Crippen molar-refractivity contribution in [1.29, 1.82) is 0 Å². The van der Waals surface area contributed by atoms with Crippen molar-refractivity contribution in [3.8, 4) is 0 Å². The Balaban J connectivity index is 2.23. The van der Waals surface area contributed by atoms with Gasteiger partial charge in [0.05, 0.1) is 11.3 Å². The molecule has 0 saturated carbocycles. The van der Waals surface area contributed by atoms with E-state index in [1.165, 1.54) is 6.07 Å². The standard InChI is InChI=1S/C14H11BrF2N2OS/c15-8-5-6-9(10(18)7-8)13(20)19-11-3-1-2-4-12(11)21-14(16)17/h1-7,14H,18H2,(H,19,20). The highest BCUT2D eigenvalue weighted by Crippen LogP contribution is 2.32. The van der Waals surface area contributed by atoms with E-state index < -0.39 is 11.7 Å². The van der Waals surface area contributed by atoms with Crippen LogP contribution in [0.1, 0.15) is 10.4 Å². The zero-order valence-electron chi connectivity index (χ0n) is 10.6. The van der Waals surface area contributed by atoms with Crippen molar-refractivity contribution in [3.63, 3.8) is 0 Å². The molecule has 0 aliphatic rings. The summed E-state index contributed by atoms with van der Waals surface area (Å²) < 4.78 is 25.7. The second kappa shape index (κ2) is 6.91. The molecule has 0 spiro atoms. The summed E-state index contributed by atoms with van der Waals surface area (Å²) in [5.74, 6) is -3.00. The van der Waals surface area contributed by atoms with Gasteiger partial charge in [-0.25, -0.2) is 0 Å². The van der Waals surface area contributed by atoms with E-state index in [4.69, 9.17) is 5.73 Å². The third-order valence-corrected chi connectivity index (χ3v) is 3.89. The number of carbonyl (C=O) groups is 1. The van der Waals surface area contributed by atoms with Crippen LogP contribution in [-0.4, -0.2) is 11.7 Å². The maximum atomic E-state index is 12.5. The van der Waals surface area contributed by atoms with E-state index in [1.807, 2.05) is 0 Å². The smallest absolute Gasteiger partial charge is 0.288 e. The first kappa shape index (κ1) is 15.8. The summed E-state index contributed by atoms with van der Waals surface area (Å²) >= 11 is 3.63. The number of thioether (sulfide) groups is 1. The monoisotopic (exact) mass is 372 g/mol. The van der Waals surface area contributed by atoms with Gasteiger partial charge in [-0.1, -0.05) is 39.8 Å². The first-order valence-corrected chi connectivity index (χ1v) is 7.55. The number of benzene rings is 2. The highest BCUT2D eigenvalue weighted by atomic mass is 79.9. The number of rotatable bonds is 4. The lowest BCUT2D eigenvalue weighted by Crippen LogP contribution is -2.14. The number of halogens is 3. The van der Waals surface area contributed by atoms with Gasteiger partial charge in [0.15, 0.2) is 0 Å². The summed E-state index contributed by atoms with van der Waals surface area (Å²) in [5.41, 5.74) is 6.70. The average molecular weight is 373 g/mol. The summed E-state index contributed by atoms with van der Waals surface area (Å²) in [7, 11) is 0. The van der Waals surface area contributed by atoms with E-state index in [2.05, 4.69) is 21.2 Å². The van der Waals surface area contributed by atoms with Crippen molar-refractivity contribution in [2.75, 3.05) is 11.1 Å². The molecule has 2 aromatic carbocycles. The lowest BCUT2D eigenvalue weighted by Gasteiger charge is -2.11. The van der Waals surface area contributed by atoms with Crippen molar-refractivity contribution in [2.45, 2.75) is 10.7 Å². The number of hydrogen-bond acceptors (Lipinski definition) is 3. The Hall–Kier alpha value is -1.60. The van der Waals surface area contributed by atoms with E-state index in [9.17, 15) is 13.6 Å². The minimum absolute atomic E-state index is 0.287. The maximum absolute atomic E-state index is 12.5. The van der Waals surface area contributed by atoms with Gasteiger partial charge in [0.2, 0.25) is 0 Å². The van der Waals surface area contributed by atoms with E-state index in [1.54, 1.807) is 36.4 Å². The van der Waals surface area contributed by atoms with E-state index in [0.29, 0.717) is 28.0 Å². The van der Waals surface area contributed by atoms with Gasteiger partial charge in [0, 0.05) is 15.1 Å². The number of para-hydroxylation sites is 1. The van der Waals surface area contributed by atoms with E-state index in [-0.39, 0.29) is 5.56 Å². The van der Waals surface area contributed by atoms with Crippen LogP contribution in [-0.2, 0) is 0 Å². The molecule has 3 nitrogen and oxygen atoms in total. The fourth-order valence-electron chi connectivity index (χ4n) is 1.70. The molecular formula is C14H11BrF2N2OS. The molecule has 0 saturated heterocycles. The van der Waals surface area contributed by atoms with Crippen LogP contribution in [0.15, 0.2) is 51.8 Å². The van der Waals surface area contributed by atoms with Gasteiger partial charge in [-0.2, -0.15) is 8.78 Å². The van der Waals surface area contributed by atoms with Crippen LogP contribution in [0.4, 0.5) is 20.2 Å². The number of nitrogens with two attached hydrogens (primary N) is 1. The second-order valence-electron chi connectivity index (χ2n) is 4.06. The number of nitrogen functional groups attached to an aromatic ring is 1. The Morgan fingerprint density at radius 1 is 1.24 bits per heavy atom. The molecular weight excluding hydrogens is 362 g/mol. The largest absolute Gasteiger partial charge is 0.398 e. The molecule has 0 heterocycles. The summed E-state index contributed by atoms with van der Waals surface area (Å²) in [5, 5.41) is 2.60. The predicted molar refractivity (Wildman–Crippen MR) is 84.8 cm³/mol. The molecule has 0 atom stereocenters. The third kappa shape index (κ3) is 4.18. The Morgan fingerprint density at radius 2 is 1.95 bits per heavy atom. The number of nitrogens with one attached hydrogen (secondary N) is 1. The molecule has 0 aliphatic carbocycles. The lowest BCUT2D eigenvalue weighted by atomic mass is 10.1. The molecule has 21 heavy (non-hydrogen) atoms. The van der Waals surface area contributed by atoms with Crippen LogP contribution in [0.25, 0.3) is 0 Å². The fraction of sp³-hybridized carbons (Fsp3) is 0.0714. The zero-order valence-corrected chi connectivity index (χ0v) is 13.0. The number of carbonyl (C=O) groups excluding carboxylic acids is 1. The average Bonchev–Trinajstić information content (AvgIpc) is 2.40. The lowest BCUT2D eigenvalue weighted by molar-refractivity contribution is 0.102. The maximum Gasteiger partial charge on any atom is 0.288 e. The van der Waals surface area contributed by atoms with Crippen LogP contribution in [0.2, 0.25) is 0 Å². The Morgan fingerprint density at radius 3 is 2.62 bits per heavy atom. The van der Waals surface area contributed by atoms with Gasteiger partial charge in [-0.15, -0.1) is 0 Å². The summed E-state index contributed by atoms with van der Waals surface area (Å²) in [6.07, 6.45) is 0. The van der Waals surface area contributed by atoms with E-state index in [0.717, 1.165) is 4.47 Å². The van der Waals surface area contributed by atoms with Gasteiger partial charge in [-0.3, -0.25) is 4.79 Å². The number of alkyl halides is 2. The molecule has 7 heteroatoms. The number of hydrogen-bond donors (Lipinski definition) is 2. The molecule has 0 unspecified atom stereocenters. The Labute approximate surface area is 133 Å².